The minimum absolute atomic E-state index is 0.0921. The van der Waals surface area contributed by atoms with Crippen LogP contribution in [0.15, 0.2) is 36.7 Å². The number of ketones is 1. The first-order valence-corrected chi connectivity index (χ1v) is 6.97. The largest absolute Gasteiger partial charge is 0.381 e. The molecule has 1 aliphatic heterocycles. The van der Waals surface area contributed by atoms with Crippen LogP contribution in [0.5, 0.6) is 0 Å². The molecule has 0 unspecified atom stereocenters. The smallest absolute Gasteiger partial charge is 0.159 e. The molecular formula is C16H18N2O2. The highest BCUT2D eigenvalue weighted by Crippen LogP contribution is 2.24. The van der Waals surface area contributed by atoms with Crippen molar-refractivity contribution in [3.05, 3.63) is 42.2 Å². The summed E-state index contributed by atoms with van der Waals surface area (Å²) in [5, 5.41) is 4.47. The van der Waals surface area contributed by atoms with Gasteiger partial charge in [0.2, 0.25) is 0 Å². The zero-order chi connectivity index (χ0) is 13.9. The standard InChI is InChI=1S/C16H18N2O2/c1-12(19)13-2-4-14(5-3-13)15-10-17-18(11-15)16-6-8-20-9-7-16/h2-5,10-11,16H,6-9H2,1H3. The van der Waals surface area contributed by atoms with E-state index in [-0.39, 0.29) is 5.78 Å². The maximum Gasteiger partial charge on any atom is 0.159 e. The summed E-state index contributed by atoms with van der Waals surface area (Å²) in [6.45, 7) is 3.21. The highest BCUT2D eigenvalue weighted by Gasteiger charge is 2.16. The van der Waals surface area contributed by atoms with Crippen LogP contribution in [0.3, 0.4) is 0 Å². The zero-order valence-corrected chi connectivity index (χ0v) is 11.6. The summed E-state index contributed by atoms with van der Waals surface area (Å²) >= 11 is 0. The fourth-order valence-corrected chi connectivity index (χ4v) is 2.53. The number of hydrogen-bond acceptors (Lipinski definition) is 3. The normalized spacial score (nSPS) is 16.2. The molecule has 0 aliphatic carbocycles. The number of carbonyl (C=O) groups excluding carboxylic acids is 1. The van der Waals surface area contributed by atoms with Crippen LogP contribution >= 0.6 is 0 Å². The van der Waals surface area contributed by atoms with Crippen LogP contribution in [0.2, 0.25) is 0 Å². The molecule has 1 aromatic heterocycles. The van der Waals surface area contributed by atoms with E-state index in [0.29, 0.717) is 6.04 Å². The number of carbonyl (C=O) groups is 1. The van der Waals surface area contributed by atoms with Gasteiger partial charge in [0.15, 0.2) is 5.78 Å². The fourth-order valence-electron chi connectivity index (χ4n) is 2.53. The Morgan fingerprint density at radius 3 is 2.55 bits per heavy atom. The molecule has 0 amide bonds. The summed E-state index contributed by atoms with van der Waals surface area (Å²) < 4.78 is 7.41. The number of rotatable bonds is 3. The number of nitrogens with zero attached hydrogens (tertiary/aromatic N) is 2. The molecule has 2 heterocycles. The second-order valence-electron chi connectivity index (χ2n) is 5.19. The predicted molar refractivity (Wildman–Crippen MR) is 76.8 cm³/mol. The van der Waals surface area contributed by atoms with Gasteiger partial charge in [-0.15, -0.1) is 0 Å². The second kappa shape index (κ2) is 5.59. The average Bonchev–Trinajstić information content (AvgIpc) is 2.98. The second-order valence-corrected chi connectivity index (χ2v) is 5.19. The van der Waals surface area contributed by atoms with Crippen molar-refractivity contribution in [2.45, 2.75) is 25.8 Å². The molecule has 0 N–H and O–H groups in total. The first kappa shape index (κ1) is 13.1. The number of hydrogen-bond donors (Lipinski definition) is 0. The van der Waals surface area contributed by atoms with Gasteiger partial charge in [0.25, 0.3) is 0 Å². The van der Waals surface area contributed by atoms with Crippen LogP contribution in [-0.4, -0.2) is 28.8 Å². The Kier molecular flexibility index (Phi) is 3.65. The minimum atomic E-state index is 0.0921. The van der Waals surface area contributed by atoms with E-state index in [1.807, 2.05) is 35.1 Å². The molecule has 20 heavy (non-hydrogen) atoms. The van der Waals surface area contributed by atoms with Crippen molar-refractivity contribution < 1.29 is 9.53 Å². The predicted octanol–water partition coefficient (Wildman–Crippen LogP) is 3.10. The SMILES string of the molecule is CC(=O)c1ccc(-c2cnn(C3CCOCC3)c2)cc1. The third-order valence-corrected chi connectivity index (χ3v) is 3.79. The zero-order valence-electron chi connectivity index (χ0n) is 11.6. The quantitative estimate of drug-likeness (QED) is 0.805. The lowest BCUT2D eigenvalue weighted by molar-refractivity contribution is 0.0662. The van der Waals surface area contributed by atoms with Gasteiger partial charge in [-0.3, -0.25) is 9.48 Å². The molecule has 1 saturated heterocycles. The highest BCUT2D eigenvalue weighted by atomic mass is 16.5. The van der Waals surface area contributed by atoms with Crippen LogP contribution in [0.1, 0.15) is 36.2 Å². The minimum Gasteiger partial charge on any atom is -0.381 e. The van der Waals surface area contributed by atoms with Crippen LogP contribution in [0.25, 0.3) is 11.1 Å². The van der Waals surface area contributed by atoms with E-state index in [2.05, 4.69) is 11.3 Å². The Bertz CT molecular complexity index is 595. The Morgan fingerprint density at radius 2 is 1.90 bits per heavy atom. The molecule has 1 aromatic carbocycles. The molecule has 4 heteroatoms. The van der Waals surface area contributed by atoms with Gasteiger partial charge < -0.3 is 4.74 Å². The molecule has 1 aliphatic rings. The Hall–Kier alpha value is -1.94. The van der Waals surface area contributed by atoms with Crippen molar-refractivity contribution in [1.29, 1.82) is 0 Å². The number of benzene rings is 1. The molecule has 0 radical (unpaired) electrons. The number of aromatic nitrogens is 2. The fraction of sp³-hybridized carbons (Fsp3) is 0.375. The topological polar surface area (TPSA) is 44.1 Å². The van der Waals surface area contributed by atoms with Gasteiger partial charge in [0.1, 0.15) is 0 Å². The monoisotopic (exact) mass is 270 g/mol. The van der Waals surface area contributed by atoms with Gasteiger partial charge in [0, 0.05) is 30.5 Å². The molecule has 0 spiro atoms. The van der Waals surface area contributed by atoms with Crippen LogP contribution in [0.4, 0.5) is 0 Å². The van der Waals surface area contributed by atoms with Gasteiger partial charge in [-0.25, -0.2) is 0 Å². The van der Waals surface area contributed by atoms with Crippen molar-refractivity contribution in [3.63, 3.8) is 0 Å². The van der Waals surface area contributed by atoms with Crippen molar-refractivity contribution in [3.8, 4) is 11.1 Å². The summed E-state index contributed by atoms with van der Waals surface area (Å²) in [5.74, 6) is 0.0921. The molecule has 0 bridgehead atoms. The van der Waals surface area contributed by atoms with Crippen molar-refractivity contribution in [2.75, 3.05) is 13.2 Å². The van der Waals surface area contributed by atoms with Crippen LogP contribution in [-0.2, 0) is 4.74 Å². The van der Waals surface area contributed by atoms with Gasteiger partial charge in [0.05, 0.1) is 12.2 Å². The summed E-state index contributed by atoms with van der Waals surface area (Å²) in [4.78, 5) is 11.3. The van der Waals surface area contributed by atoms with E-state index in [1.165, 1.54) is 0 Å². The summed E-state index contributed by atoms with van der Waals surface area (Å²) in [6.07, 6.45) is 6.01. The molecular weight excluding hydrogens is 252 g/mol. The van der Waals surface area contributed by atoms with E-state index in [9.17, 15) is 4.79 Å². The van der Waals surface area contributed by atoms with Crippen LogP contribution < -0.4 is 0 Å². The average molecular weight is 270 g/mol. The lowest BCUT2D eigenvalue weighted by Crippen LogP contribution is -2.19. The van der Waals surface area contributed by atoms with Crippen LogP contribution in [0, 0.1) is 0 Å². The Labute approximate surface area is 118 Å². The van der Waals surface area contributed by atoms with E-state index in [1.54, 1.807) is 6.92 Å². The Balaban J connectivity index is 1.80. The summed E-state index contributed by atoms with van der Waals surface area (Å²) in [6, 6.07) is 8.12. The molecule has 4 nitrogen and oxygen atoms in total. The van der Waals surface area contributed by atoms with Crippen molar-refractivity contribution in [2.24, 2.45) is 0 Å². The van der Waals surface area contributed by atoms with Gasteiger partial charge in [-0.05, 0) is 25.3 Å². The lowest BCUT2D eigenvalue weighted by Gasteiger charge is -2.22. The first-order valence-electron chi connectivity index (χ1n) is 6.97. The Morgan fingerprint density at radius 1 is 1.20 bits per heavy atom. The summed E-state index contributed by atoms with van der Waals surface area (Å²) in [5.41, 5.74) is 2.92. The molecule has 3 rings (SSSR count). The molecule has 0 saturated carbocycles. The first-order chi connectivity index (χ1) is 9.74. The third-order valence-electron chi connectivity index (χ3n) is 3.79. The molecule has 2 aromatic rings. The van der Waals surface area contributed by atoms with Gasteiger partial charge in [-0.1, -0.05) is 24.3 Å². The molecule has 1 fully saturated rings. The van der Waals surface area contributed by atoms with E-state index < -0.39 is 0 Å². The van der Waals surface area contributed by atoms with Gasteiger partial charge in [-0.2, -0.15) is 5.10 Å². The number of ether oxygens (including phenoxy) is 1. The van der Waals surface area contributed by atoms with E-state index in [4.69, 9.17) is 4.74 Å². The maximum atomic E-state index is 11.3. The van der Waals surface area contributed by atoms with Crippen molar-refractivity contribution >= 4 is 5.78 Å². The molecule has 104 valence electrons. The lowest BCUT2D eigenvalue weighted by atomic mass is 10.1. The van der Waals surface area contributed by atoms with Gasteiger partial charge >= 0.3 is 0 Å². The maximum absolute atomic E-state index is 11.3. The highest BCUT2D eigenvalue weighted by molar-refractivity contribution is 5.94. The van der Waals surface area contributed by atoms with E-state index in [0.717, 1.165) is 42.7 Å². The molecule has 0 atom stereocenters. The number of Topliss-reactive ketones (excluding diaryl/α,β-unsaturated/α-hetero) is 1. The van der Waals surface area contributed by atoms with E-state index >= 15 is 0 Å². The van der Waals surface area contributed by atoms with Crippen molar-refractivity contribution in [1.82, 2.24) is 9.78 Å². The third kappa shape index (κ3) is 2.65. The summed E-state index contributed by atoms with van der Waals surface area (Å²) in [7, 11) is 0.